The average Bonchev–Trinajstić information content (AvgIpc) is 3.62. The van der Waals surface area contributed by atoms with Crippen molar-refractivity contribution in [3.05, 3.63) is 223 Å². The highest BCUT2D eigenvalue weighted by Crippen LogP contribution is 2.42. The number of anilines is 4. The summed E-state index contributed by atoms with van der Waals surface area (Å²) in [4.78, 5) is 4.87. The lowest BCUT2D eigenvalue weighted by molar-refractivity contribution is 0.755. The van der Waals surface area contributed by atoms with E-state index in [0.29, 0.717) is 0 Å². The van der Waals surface area contributed by atoms with Crippen LogP contribution >= 0.6 is 0 Å². The van der Waals surface area contributed by atoms with Gasteiger partial charge in [-0.15, -0.1) is 0 Å². The van der Waals surface area contributed by atoms with Crippen LogP contribution in [-0.2, 0) is 0 Å². The average molecular weight is 762 g/mol. The van der Waals surface area contributed by atoms with E-state index in [4.69, 9.17) is 0 Å². The van der Waals surface area contributed by atoms with Crippen LogP contribution in [0.3, 0.4) is 0 Å². The molecule has 3 nitrogen and oxygen atoms in total. The van der Waals surface area contributed by atoms with Gasteiger partial charge in [-0.2, -0.15) is 0 Å². The third-order valence-electron chi connectivity index (χ3n) is 12.0. The summed E-state index contributed by atoms with van der Waals surface area (Å²) in [6.45, 7) is 4.47. The highest BCUT2D eigenvalue weighted by molar-refractivity contribution is 6.12. The summed E-state index contributed by atoms with van der Waals surface area (Å²) in [5.74, 6) is 0. The molecule has 2 aliphatic carbocycles. The highest BCUT2D eigenvalue weighted by atomic mass is 15.2. The Hall–Kier alpha value is -7.10. The predicted octanol–water partition coefficient (Wildman–Crippen LogP) is 15.1. The number of benzene rings is 7. The molecule has 59 heavy (non-hydrogen) atoms. The molecule has 10 rings (SSSR count). The molecule has 2 aliphatic rings. The van der Waals surface area contributed by atoms with Gasteiger partial charge in [0, 0.05) is 44.9 Å². The largest absolute Gasteiger partial charge is 0.335 e. The Morgan fingerprint density at radius 3 is 1.64 bits per heavy atom. The SMILES string of the molecule is Cc1ccc(N(c2ccccc2)c2ccccc2)cc1-c1ccc2c(c1)c1cc(-c3cc(N(C4=CCCC=C4)C4C=CC=CC4)ccc3C)ccc1n2-c1ccccc1. The van der Waals surface area contributed by atoms with Crippen LogP contribution in [0.1, 0.15) is 30.4 Å². The van der Waals surface area contributed by atoms with Crippen LogP contribution in [0, 0.1) is 13.8 Å². The zero-order valence-electron chi connectivity index (χ0n) is 33.7. The molecule has 0 spiro atoms. The topological polar surface area (TPSA) is 11.4 Å². The van der Waals surface area contributed by atoms with Crippen LogP contribution in [0.25, 0.3) is 49.7 Å². The van der Waals surface area contributed by atoms with Crippen molar-refractivity contribution < 1.29 is 0 Å². The molecule has 0 bridgehead atoms. The molecule has 1 atom stereocenters. The van der Waals surface area contributed by atoms with E-state index in [1.807, 2.05) is 0 Å². The standard InChI is InChI=1S/C56H47N3/c1-40-28-32-49(57(44-18-8-3-9-19-44)45-20-10-4-11-21-45)38-51(40)42-30-34-55-53(36-42)54-37-43(31-35-56(54)59(55)48-26-16-7-17-27-48)52-39-50(33-29-41(52)2)58(46-22-12-5-13-23-46)47-24-14-6-15-25-47/h3-5,7-14,16-22,24-39,46H,6,15,23H2,1-2H3. The maximum Gasteiger partial charge on any atom is 0.0559 e. The predicted molar refractivity (Wildman–Crippen MR) is 251 cm³/mol. The van der Waals surface area contributed by atoms with Gasteiger partial charge in [0.15, 0.2) is 0 Å². The van der Waals surface area contributed by atoms with Gasteiger partial charge in [-0.25, -0.2) is 0 Å². The monoisotopic (exact) mass is 761 g/mol. The summed E-state index contributed by atoms with van der Waals surface area (Å²) in [6.07, 6.45) is 19.1. The van der Waals surface area contributed by atoms with Crippen LogP contribution in [-0.4, -0.2) is 10.6 Å². The second-order valence-corrected chi connectivity index (χ2v) is 15.7. The maximum absolute atomic E-state index is 2.53. The zero-order valence-corrected chi connectivity index (χ0v) is 33.7. The van der Waals surface area contributed by atoms with Gasteiger partial charge in [0.1, 0.15) is 0 Å². The summed E-state index contributed by atoms with van der Waals surface area (Å²) < 4.78 is 2.42. The lowest BCUT2D eigenvalue weighted by atomic mass is 9.95. The smallest absolute Gasteiger partial charge is 0.0559 e. The van der Waals surface area contributed by atoms with Crippen LogP contribution < -0.4 is 9.80 Å². The number of para-hydroxylation sites is 3. The van der Waals surface area contributed by atoms with Crippen molar-refractivity contribution in [3.63, 3.8) is 0 Å². The molecular formula is C56H47N3. The molecule has 7 aromatic carbocycles. The van der Waals surface area contributed by atoms with Crippen molar-refractivity contribution in [1.29, 1.82) is 0 Å². The molecule has 0 N–H and O–H groups in total. The fourth-order valence-electron chi connectivity index (χ4n) is 9.02. The van der Waals surface area contributed by atoms with E-state index in [1.165, 1.54) is 66.6 Å². The lowest BCUT2D eigenvalue weighted by Crippen LogP contribution is -2.33. The van der Waals surface area contributed by atoms with E-state index in [-0.39, 0.29) is 6.04 Å². The van der Waals surface area contributed by atoms with Gasteiger partial charge in [-0.05, 0) is 157 Å². The molecule has 0 aliphatic heterocycles. The van der Waals surface area contributed by atoms with Crippen molar-refractivity contribution in [1.82, 2.24) is 4.57 Å². The minimum atomic E-state index is 0.267. The number of rotatable bonds is 9. The van der Waals surface area contributed by atoms with E-state index in [2.05, 4.69) is 235 Å². The Labute approximate surface area is 347 Å². The molecule has 1 unspecified atom stereocenters. The molecular weight excluding hydrogens is 715 g/mol. The van der Waals surface area contributed by atoms with E-state index in [0.717, 1.165) is 42.0 Å². The fraction of sp³-hybridized carbons (Fsp3) is 0.107. The maximum atomic E-state index is 2.53. The van der Waals surface area contributed by atoms with E-state index < -0.39 is 0 Å². The quantitative estimate of drug-likeness (QED) is 0.145. The third-order valence-corrected chi connectivity index (χ3v) is 12.0. The fourth-order valence-corrected chi connectivity index (χ4v) is 9.02. The summed E-state index contributed by atoms with van der Waals surface area (Å²) in [7, 11) is 0. The van der Waals surface area contributed by atoms with Crippen molar-refractivity contribution >= 4 is 44.6 Å². The third kappa shape index (κ3) is 6.89. The van der Waals surface area contributed by atoms with Gasteiger partial charge in [-0.3, -0.25) is 0 Å². The molecule has 8 aromatic rings. The number of nitrogens with zero attached hydrogens (tertiary/aromatic N) is 3. The number of hydrogen-bond acceptors (Lipinski definition) is 2. The number of allylic oxidation sites excluding steroid dienone is 5. The van der Waals surface area contributed by atoms with E-state index >= 15 is 0 Å². The Kier molecular flexibility index (Phi) is 9.64. The Morgan fingerprint density at radius 1 is 0.508 bits per heavy atom. The van der Waals surface area contributed by atoms with E-state index in [9.17, 15) is 0 Å². The van der Waals surface area contributed by atoms with Crippen molar-refractivity contribution in [2.75, 3.05) is 9.80 Å². The minimum absolute atomic E-state index is 0.267. The summed E-state index contributed by atoms with van der Waals surface area (Å²) in [5, 5.41) is 2.48. The molecule has 0 saturated carbocycles. The molecule has 0 fully saturated rings. The van der Waals surface area contributed by atoms with Gasteiger partial charge in [0.05, 0.1) is 17.1 Å². The van der Waals surface area contributed by atoms with Crippen molar-refractivity contribution in [2.45, 2.75) is 39.2 Å². The van der Waals surface area contributed by atoms with Gasteiger partial charge in [0.25, 0.3) is 0 Å². The summed E-state index contributed by atoms with van der Waals surface area (Å²) >= 11 is 0. The molecule has 1 heterocycles. The molecule has 0 amide bonds. The second kappa shape index (κ2) is 15.7. The number of fused-ring (bicyclic) bond motifs is 3. The zero-order chi connectivity index (χ0) is 39.7. The van der Waals surface area contributed by atoms with Gasteiger partial charge in [0.2, 0.25) is 0 Å². The number of aromatic nitrogens is 1. The lowest BCUT2D eigenvalue weighted by Gasteiger charge is -2.34. The summed E-state index contributed by atoms with van der Waals surface area (Å²) in [5.41, 5.74) is 16.8. The van der Waals surface area contributed by atoms with Crippen molar-refractivity contribution in [3.8, 4) is 27.9 Å². The molecule has 0 radical (unpaired) electrons. The van der Waals surface area contributed by atoms with Crippen molar-refractivity contribution in [2.24, 2.45) is 0 Å². The first-order chi connectivity index (χ1) is 29.1. The Balaban J connectivity index is 1.13. The number of aryl methyl sites for hydroxylation is 2. The second-order valence-electron chi connectivity index (χ2n) is 15.7. The van der Waals surface area contributed by atoms with Gasteiger partial charge in [-0.1, -0.05) is 115 Å². The molecule has 0 saturated heterocycles. The van der Waals surface area contributed by atoms with Crippen LogP contribution in [0.4, 0.5) is 22.7 Å². The molecule has 1 aromatic heterocycles. The van der Waals surface area contributed by atoms with Crippen LogP contribution in [0.2, 0.25) is 0 Å². The van der Waals surface area contributed by atoms with Crippen LogP contribution in [0.15, 0.2) is 212 Å². The first-order valence-electron chi connectivity index (χ1n) is 20.9. The summed E-state index contributed by atoms with van der Waals surface area (Å²) in [6, 6.07) is 60.3. The first kappa shape index (κ1) is 36.3. The normalized spacial score (nSPS) is 14.8. The molecule has 3 heteroatoms. The van der Waals surface area contributed by atoms with Crippen LogP contribution in [0.5, 0.6) is 0 Å². The van der Waals surface area contributed by atoms with Gasteiger partial charge < -0.3 is 14.4 Å². The molecule has 286 valence electrons. The first-order valence-corrected chi connectivity index (χ1v) is 20.9. The number of hydrogen-bond donors (Lipinski definition) is 0. The van der Waals surface area contributed by atoms with Gasteiger partial charge >= 0.3 is 0 Å². The minimum Gasteiger partial charge on any atom is -0.335 e. The highest BCUT2D eigenvalue weighted by Gasteiger charge is 2.22. The Morgan fingerprint density at radius 2 is 1.08 bits per heavy atom. The van der Waals surface area contributed by atoms with E-state index in [1.54, 1.807) is 0 Å². The Bertz CT molecular complexity index is 2890.